The van der Waals surface area contributed by atoms with Gasteiger partial charge in [-0.3, -0.25) is 9.59 Å². The van der Waals surface area contributed by atoms with Gasteiger partial charge < -0.3 is 14.5 Å². The summed E-state index contributed by atoms with van der Waals surface area (Å²) in [6.45, 7) is 4.21. The maximum Gasteiger partial charge on any atom is 0.225 e. The number of carbonyl (C=O) groups is 2. The van der Waals surface area contributed by atoms with Crippen LogP contribution in [0.5, 0.6) is 0 Å². The van der Waals surface area contributed by atoms with Crippen LogP contribution in [0.3, 0.4) is 0 Å². The Kier molecular flexibility index (Phi) is 6.45. The Bertz CT molecular complexity index is 570. The van der Waals surface area contributed by atoms with Crippen LogP contribution >= 0.6 is 0 Å². The van der Waals surface area contributed by atoms with Crippen molar-refractivity contribution in [3.63, 3.8) is 0 Å². The number of ether oxygens (including phenoxy) is 1. The van der Waals surface area contributed by atoms with E-state index >= 15 is 0 Å². The Morgan fingerprint density at radius 1 is 0.960 bits per heavy atom. The second-order valence-corrected chi connectivity index (χ2v) is 6.93. The van der Waals surface area contributed by atoms with Crippen LogP contribution in [0, 0.1) is 5.92 Å². The van der Waals surface area contributed by atoms with Crippen LogP contribution in [0.2, 0.25) is 0 Å². The predicted octanol–water partition coefficient (Wildman–Crippen LogP) is 2.11. The average molecular weight is 344 g/mol. The van der Waals surface area contributed by atoms with Gasteiger partial charge in [0.1, 0.15) is 0 Å². The second kappa shape index (κ2) is 8.99. The lowest BCUT2D eigenvalue weighted by molar-refractivity contribution is -0.139. The third-order valence-corrected chi connectivity index (χ3v) is 5.20. The molecule has 0 saturated carbocycles. The summed E-state index contributed by atoms with van der Waals surface area (Å²) in [6.07, 6.45) is 3.84. The van der Waals surface area contributed by atoms with Crippen LogP contribution < -0.4 is 0 Å². The monoisotopic (exact) mass is 344 g/mol. The van der Waals surface area contributed by atoms with Crippen molar-refractivity contribution in [2.75, 3.05) is 39.4 Å². The van der Waals surface area contributed by atoms with Crippen LogP contribution in [0.25, 0.3) is 0 Å². The Morgan fingerprint density at radius 2 is 1.64 bits per heavy atom. The van der Waals surface area contributed by atoms with Gasteiger partial charge in [-0.25, -0.2) is 0 Å². The van der Waals surface area contributed by atoms with E-state index in [1.54, 1.807) is 0 Å². The first-order valence-electron chi connectivity index (χ1n) is 9.42. The number of hydrogen-bond acceptors (Lipinski definition) is 3. The van der Waals surface area contributed by atoms with Gasteiger partial charge in [-0.05, 0) is 31.2 Å². The van der Waals surface area contributed by atoms with E-state index < -0.39 is 0 Å². The molecule has 2 aliphatic rings. The van der Waals surface area contributed by atoms with Gasteiger partial charge in [0.15, 0.2) is 0 Å². The lowest BCUT2D eigenvalue weighted by Crippen LogP contribution is -2.41. The third kappa shape index (κ3) is 5.05. The number of amides is 2. The van der Waals surface area contributed by atoms with Gasteiger partial charge >= 0.3 is 0 Å². The highest BCUT2D eigenvalue weighted by atomic mass is 16.5. The fourth-order valence-electron chi connectivity index (χ4n) is 3.64. The molecule has 0 unspecified atom stereocenters. The molecule has 0 bridgehead atoms. The standard InChI is InChI=1S/C20H28N2O3/c23-19(8-7-17-5-2-1-3-6-17)21-11-4-12-22(14-13-21)20(24)18-9-15-25-16-10-18/h1-3,5-6,18H,4,7-16H2. The molecule has 0 aromatic heterocycles. The molecule has 0 aliphatic carbocycles. The largest absolute Gasteiger partial charge is 0.381 e. The maximum absolute atomic E-state index is 12.7. The topological polar surface area (TPSA) is 49.9 Å². The Hall–Kier alpha value is -1.88. The van der Waals surface area contributed by atoms with Crippen molar-refractivity contribution in [1.82, 2.24) is 9.80 Å². The number of nitrogens with zero attached hydrogens (tertiary/aromatic N) is 2. The third-order valence-electron chi connectivity index (χ3n) is 5.20. The highest BCUT2D eigenvalue weighted by molar-refractivity contribution is 5.79. The molecule has 5 heteroatoms. The molecule has 2 fully saturated rings. The van der Waals surface area contributed by atoms with Crippen molar-refractivity contribution in [2.24, 2.45) is 5.92 Å². The fourth-order valence-corrected chi connectivity index (χ4v) is 3.64. The summed E-state index contributed by atoms with van der Waals surface area (Å²) in [5.41, 5.74) is 1.20. The summed E-state index contributed by atoms with van der Waals surface area (Å²) in [4.78, 5) is 29.1. The molecule has 5 nitrogen and oxygen atoms in total. The van der Waals surface area contributed by atoms with Crippen LogP contribution in [-0.2, 0) is 20.7 Å². The zero-order valence-corrected chi connectivity index (χ0v) is 14.9. The molecule has 1 aromatic rings. The van der Waals surface area contributed by atoms with Gasteiger partial charge in [-0.1, -0.05) is 30.3 Å². The van der Waals surface area contributed by atoms with Gasteiger partial charge in [-0.2, -0.15) is 0 Å². The van der Waals surface area contributed by atoms with Gasteiger partial charge in [0.05, 0.1) is 0 Å². The molecular formula is C20H28N2O3. The van der Waals surface area contributed by atoms with E-state index in [1.807, 2.05) is 28.0 Å². The molecule has 2 aliphatic heterocycles. The minimum Gasteiger partial charge on any atom is -0.381 e. The molecule has 0 atom stereocenters. The van der Waals surface area contributed by atoms with E-state index in [0.717, 1.165) is 38.8 Å². The molecule has 2 heterocycles. The molecule has 1 aromatic carbocycles. The van der Waals surface area contributed by atoms with Gasteiger partial charge in [-0.15, -0.1) is 0 Å². The summed E-state index contributed by atoms with van der Waals surface area (Å²) in [5.74, 6) is 0.556. The van der Waals surface area contributed by atoms with Crippen molar-refractivity contribution in [3.05, 3.63) is 35.9 Å². The fraction of sp³-hybridized carbons (Fsp3) is 0.600. The molecule has 0 N–H and O–H groups in total. The van der Waals surface area contributed by atoms with Crippen molar-refractivity contribution >= 4 is 11.8 Å². The van der Waals surface area contributed by atoms with Gasteiger partial charge in [0.25, 0.3) is 0 Å². The zero-order chi connectivity index (χ0) is 17.5. The number of rotatable bonds is 4. The Balaban J connectivity index is 1.47. The summed E-state index contributed by atoms with van der Waals surface area (Å²) >= 11 is 0. The molecule has 2 saturated heterocycles. The van der Waals surface area contributed by atoms with Crippen molar-refractivity contribution in [2.45, 2.75) is 32.1 Å². The molecule has 3 rings (SSSR count). The van der Waals surface area contributed by atoms with E-state index in [9.17, 15) is 9.59 Å². The zero-order valence-electron chi connectivity index (χ0n) is 14.9. The molecule has 2 amide bonds. The quantitative estimate of drug-likeness (QED) is 0.840. The molecule has 0 spiro atoms. The van der Waals surface area contributed by atoms with Gasteiger partial charge in [0.2, 0.25) is 11.8 Å². The first-order chi connectivity index (χ1) is 12.2. The van der Waals surface area contributed by atoms with E-state index in [-0.39, 0.29) is 17.7 Å². The summed E-state index contributed by atoms with van der Waals surface area (Å²) in [7, 11) is 0. The normalized spacial score (nSPS) is 19.5. The first kappa shape index (κ1) is 17.9. The molecule has 0 radical (unpaired) electrons. The smallest absolute Gasteiger partial charge is 0.225 e. The van der Waals surface area contributed by atoms with Crippen molar-refractivity contribution in [1.29, 1.82) is 0 Å². The lowest BCUT2D eigenvalue weighted by Gasteiger charge is -2.28. The first-order valence-corrected chi connectivity index (χ1v) is 9.42. The number of carbonyl (C=O) groups excluding carboxylic acids is 2. The molecular weight excluding hydrogens is 316 g/mol. The lowest BCUT2D eigenvalue weighted by atomic mass is 9.98. The minimum absolute atomic E-state index is 0.106. The van der Waals surface area contributed by atoms with E-state index in [0.29, 0.717) is 32.7 Å². The van der Waals surface area contributed by atoms with Crippen molar-refractivity contribution < 1.29 is 14.3 Å². The van der Waals surface area contributed by atoms with Crippen molar-refractivity contribution in [3.8, 4) is 0 Å². The summed E-state index contributed by atoms with van der Waals surface area (Å²) in [6, 6.07) is 10.1. The van der Waals surface area contributed by atoms with Gasteiger partial charge in [0, 0.05) is 51.7 Å². The second-order valence-electron chi connectivity index (χ2n) is 6.93. The number of benzene rings is 1. The number of aryl methyl sites for hydroxylation is 1. The summed E-state index contributed by atoms with van der Waals surface area (Å²) in [5, 5.41) is 0. The van der Waals surface area contributed by atoms with E-state index in [1.165, 1.54) is 5.56 Å². The van der Waals surface area contributed by atoms with Crippen LogP contribution in [0.15, 0.2) is 30.3 Å². The van der Waals surface area contributed by atoms with Crippen LogP contribution in [-0.4, -0.2) is 61.0 Å². The molecule has 25 heavy (non-hydrogen) atoms. The minimum atomic E-state index is 0.106. The highest BCUT2D eigenvalue weighted by Gasteiger charge is 2.28. The maximum atomic E-state index is 12.7. The van der Waals surface area contributed by atoms with E-state index in [2.05, 4.69) is 12.1 Å². The Labute approximate surface area is 149 Å². The Morgan fingerprint density at radius 3 is 2.40 bits per heavy atom. The predicted molar refractivity (Wildman–Crippen MR) is 96.1 cm³/mol. The molecule has 136 valence electrons. The average Bonchev–Trinajstić information content (AvgIpc) is 2.93. The van der Waals surface area contributed by atoms with E-state index in [4.69, 9.17) is 4.74 Å². The summed E-state index contributed by atoms with van der Waals surface area (Å²) < 4.78 is 5.35. The highest BCUT2D eigenvalue weighted by Crippen LogP contribution is 2.19. The van der Waals surface area contributed by atoms with Crippen LogP contribution in [0.1, 0.15) is 31.2 Å². The SMILES string of the molecule is O=C(CCc1ccccc1)N1CCCN(C(=O)C2CCOCC2)CC1. The number of hydrogen-bond donors (Lipinski definition) is 0. The van der Waals surface area contributed by atoms with Crippen LogP contribution in [0.4, 0.5) is 0 Å².